The highest BCUT2D eigenvalue weighted by Gasteiger charge is 2.22. The summed E-state index contributed by atoms with van der Waals surface area (Å²) in [7, 11) is 0. The van der Waals surface area contributed by atoms with E-state index in [4.69, 9.17) is 4.42 Å². The summed E-state index contributed by atoms with van der Waals surface area (Å²) in [6.45, 7) is 0. The van der Waals surface area contributed by atoms with Gasteiger partial charge in [0, 0.05) is 61.2 Å². The van der Waals surface area contributed by atoms with Crippen LogP contribution < -0.4 is 0 Å². The monoisotopic (exact) mass is 752 g/mol. The van der Waals surface area contributed by atoms with Gasteiger partial charge in [0.05, 0.1) is 16.6 Å². The number of furan rings is 1. The molecule has 0 saturated carbocycles. The maximum Gasteiger partial charge on any atom is 0.143 e. The van der Waals surface area contributed by atoms with Gasteiger partial charge >= 0.3 is 0 Å². The Labute approximate surface area is 341 Å². The van der Waals surface area contributed by atoms with Crippen molar-refractivity contribution in [3.63, 3.8) is 0 Å². The standard InChI is InChI=1S/C56H36N2O/c1-4-14-37(15-5-1)38-26-28-40(29-27-38)44-21-12-23-49-50-24-13-22-45(56(50)59-55(44)49)41-30-32-43(33-31-41)58-52-25-11-10-20-46(52)47-34-35-48-51(39-16-6-2-7-17-39)36-57(53(48)54(47)58)42-18-8-3-9-19-42/h1-36H. The van der Waals surface area contributed by atoms with Crippen molar-refractivity contribution in [1.29, 1.82) is 0 Å². The molecule has 0 unspecified atom stereocenters. The number of benzene rings is 9. The highest BCUT2D eigenvalue weighted by molar-refractivity contribution is 6.20. The number of fused-ring (bicyclic) bond motifs is 8. The Morgan fingerprint density at radius 1 is 0.288 bits per heavy atom. The lowest BCUT2D eigenvalue weighted by Gasteiger charge is -2.12. The molecule has 0 spiro atoms. The first kappa shape index (κ1) is 33.3. The second-order valence-electron chi connectivity index (χ2n) is 15.3. The molecular formula is C56H36N2O. The van der Waals surface area contributed by atoms with Crippen LogP contribution in [0.5, 0.6) is 0 Å². The molecule has 0 fully saturated rings. The van der Waals surface area contributed by atoms with Crippen LogP contribution in [0.1, 0.15) is 0 Å². The van der Waals surface area contributed by atoms with Crippen LogP contribution >= 0.6 is 0 Å². The van der Waals surface area contributed by atoms with Gasteiger partial charge in [-0.1, -0.05) is 182 Å². The van der Waals surface area contributed by atoms with Gasteiger partial charge in [-0.25, -0.2) is 0 Å². The molecule has 3 heterocycles. The highest BCUT2D eigenvalue weighted by atomic mass is 16.3. The average Bonchev–Trinajstić information content (AvgIpc) is 4.00. The number of rotatable bonds is 6. The lowest BCUT2D eigenvalue weighted by atomic mass is 9.98. The van der Waals surface area contributed by atoms with Crippen LogP contribution in [-0.2, 0) is 0 Å². The van der Waals surface area contributed by atoms with Crippen LogP contribution in [0.2, 0.25) is 0 Å². The van der Waals surface area contributed by atoms with E-state index in [9.17, 15) is 0 Å². The van der Waals surface area contributed by atoms with Crippen molar-refractivity contribution >= 4 is 54.6 Å². The van der Waals surface area contributed by atoms with Gasteiger partial charge < -0.3 is 13.6 Å². The van der Waals surface area contributed by atoms with Crippen LogP contribution in [0.3, 0.4) is 0 Å². The lowest BCUT2D eigenvalue weighted by Crippen LogP contribution is -1.98. The fraction of sp³-hybridized carbons (Fsp3) is 0. The zero-order chi connectivity index (χ0) is 38.9. The minimum atomic E-state index is 0.899. The van der Waals surface area contributed by atoms with Crippen molar-refractivity contribution in [1.82, 2.24) is 9.13 Å². The van der Waals surface area contributed by atoms with Crippen molar-refractivity contribution < 1.29 is 4.42 Å². The van der Waals surface area contributed by atoms with Crippen molar-refractivity contribution in [3.8, 4) is 55.9 Å². The fourth-order valence-electron chi connectivity index (χ4n) is 9.21. The average molecular weight is 753 g/mol. The first-order valence-corrected chi connectivity index (χ1v) is 20.2. The van der Waals surface area contributed by atoms with Crippen LogP contribution in [0.4, 0.5) is 0 Å². The topological polar surface area (TPSA) is 23.0 Å². The normalized spacial score (nSPS) is 11.7. The van der Waals surface area contributed by atoms with Crippen LogP contribution in [0.15, 0.2) is 223 Å². The fourth-order valence-corrected chi connectivity index (χ4v) is 9.21. The second kappa shape index (κ2) is 13.4. The molecule has 0 atom stereocenters. The van der Waals surface area contributed by atoms with E-state index in [0.29, 0.717) is 0 Å². The molecule has 3 nitrogen and oxygen atoms in total. The molecule has 0 saturated heterocycles. The minimum absolute atomic E-state index is 0.899. The molecule has 59 heavy (non-hydrogen) atoms. The predicted octanol–water partition coefficient (Wildman–Crippen LogP) is 15.3. The summed E-state index contributed by atoms with van der Waals surface area (Å²) in [5, 5.41) is 5.91. The Balaban J connectivity index is 1.01. The Morgan fingerprint density at radius 2 is 0.780 bits per heavy atom. The molecule has 0 amide bonds. The summed E-state index contributed by atoms with van der Waals surface area (Å²) in [6, 6.07) is 76.1. The van der Waals surface area contributed by atoms with E-state index in [-0.39, 0.29) is 0 Å². The molecule has 0 N–H and O–H groups in total. The SMILES string of the molecule is c1ccc(-c2ccc(-c3cccc4c3oc3c(-c5ccc(-n6c7ccccc7c7ccc8c(-c9ccccc9)cn(-c9ccccc9)c8c76)cc5)cccc34)cc2)cc1. The van der Waals surface area contributed by atoms with Gasteiger partial charge in [0.2, 0.25) is 0 Å². The molecular weight excluding hydrogens is 717 g/mol. The Morgan fingerprint density at radius 3 is 1.44 bits per heavy atom. The van der Waals surface area contributed by atoms with Gasteiger partial charge in [-0.3, -0.25) is 0 Å². The maximum absolute atomic E-state index is 6.89. The predicted molar refractivity (Wildman–Crippen MR) is 247 cm³/mol. The van der Waals surface area contributed by atoms with Gasteiger partial charge in [0.15, 0.2) is 0 Å². The summed E-state index contributed by atoms with van der Waals surface area (Å²) in [4.78, 5) is 0. The summed E-state index contributed by atoms with van der Waals surface area (Å²) in [6.07, 6.45) is 2.30. The van der Waals surface area contributed by atoms with Gasteiger partial charge in [0.25, 0.3) is 0 Å². The molecule has 0 bridgehead atoms. The highest BCUT2D eigenvalue weighted by Crippen LogP contribution is 2.43. The second-order valence-corrected chi connectivity index (χ2v) is 15.3. The molecule has 0 radical (unpaired) electrons. The van der Waals surface area contributed by atoms with Gasteiger partial charge in [-0.2, -0.15) is 0 Å². The van der Waals surface area contributed by atoms with E-state index in [1.165, 1.54) is 55.0 Å². The van der Waals surface area contributed by atoms with Gasteiger partial charge in [-0.15, -0.1) is 0 Å². The molecule has 3 heteroatoms. The van der Waals surface area contributed by atoms with Crippen molar-refractivity contribution in [3.05, 3.63) is 219 Å². The molecule has 9 aromatic carbocycles. The molecule has 3 aromatic heterocycles. The quantitative estimate of drug-likeness (QED) is 0.166. The van der Waals surface area contributed by atoms with E-state index >= 15 is 0 Å². The molecule has 0 aliphatic carbocycles. The van der Waals surface area contributed by atoms with Crippen LogP contribution in [0, 0.1) is 0 Å². The van der Waals surface area contributed by atoms with Gasteiger partial charge in [-0.05, 0) is 58.1 Å². The summed E-state index contributed by atoms with van der Waals surface area (Å²) in [5.74, 6) is 0. The number of aromatic nitrogens is 2. The Hall–Kier alpha value is -7.88. The smallest absolute Gasteiger partial charge is 0.143 e. The van der Waals surface area contributed by atoms with Crippen molar-refractivity contribution in [2.45, 2.75) is 0 Å². The van der Waals surface area contributed by atoms with E-state index in [2.05, 4.69) is 228 Å². The van der Waals surface area contributed by atoms with Crippen LogP contribution in [-0.4, -0.2) is 9.13 Å². The lowest BCUT2D eigenvalue weighted by molar-refractivity contribution is 0.671. The van der Waals surface area contributed by atoms with E-state index in [1.807, 2.05) is 0 Å². The third-order valence-electron chi connectivity index (χ3n) is 12.0. The Kier molecular flexibility index (Phi) is 7.54. The third kappa shape index (κ3) is 5.29. The number of hydrogen-bond acceptors (Lipinski definition) is 1. The van der Waals surface area contributed by atoms with Gasteiger partial charge in [0.1, 0.15) is 11.2 Å². The summed E-state index contributed by atoms with van der Waals surface area (Å²) < 4.78 is 11.7. The zero-order valence-electron chi connectivity index (χ0n) is 32.1. The third-order valence-corrected chi connectivity index (χ3v) is 12.0. The molecule has 12 rings (SSSR count). The van der Waals surface area contributed by atoms with E-state index in [1.54, 1.807) is 0 Å². The molecule has 0 aliphatic heterocycles. The minimum Gasteiger partial charge on any atom is -0.455 e. The van der Waals surface area contributed by atoms with Crippen molar-refractivity contribution in [2.24, 2.45) is 0 Å². The summed E-state index contributed by atoms with van der Waals surface area (Å²) in [5.41, 5.74) is 16.8. The Bertz CT molecular complexity index is 3500. The van der Waals surface area contributed by atoms with E-state index in [0.717, 1.165) is 55.6 Å². The number of hydrogen-bond donors (Lipinski definition) is 0. The summed E-state index contributed by atoms with van der Waals surface area (Å²) >= 11 is 0. The van der Waals surface area contributed by atoms with Crippen molar-refractivity contribution in [2.75, 3.05) is 0 Å². The largest absolute Gasteiger partial charge is 0.455 e. The molecule has 0 aliphatic rings. The number of nitrogens with zero attached hydrogens (tertiary/aromatic N) is 2. The first-order valence-electron chi connectivity index (χ1n) is 20.2. The zero-order valence-corrected chi connectivity index (χ0v) is 32.1. The molecule has 12 aromatic rings. The first-order chi connectivity index (χ1) is 29.3. The number of para-hydroxylation sites is 4. The maximum atomic E-state index is 6.89. The molecule has 276 valence electrons. The van der Waals surface area contributed by atoms with E-state index < -0.39 is 0 Å². The van der Waals surface area contributed by atoms with Crippen LogP contribution in [0.25, 0.3) is 111 Å².